The summed E-state index contributed by atoms with van der Waals surface area (Å²) in [5, 5.41) is 17.0. The maximum absolute atomic E-state index is 8.82. The lowest BCUT2D eigenvalue weighted by atomic mass is 10.1. The fourth-order valence-electron chi connectivity index (χ4n) is 0.236. The normalized spacial score (nSPS) is 16.1. The Hall–Kier alpha value is 0.270. The Labute approximate surface area is 54.9 Å². The van der Waals surface area contributed by atoms with Gasteiger partial charge in [-0.3, -0.25) is 0 Å². The van der Waals surface area contributed by atoms with Crippen LogP contribution in [0.15, 0.2) is 0 Å². The van der Waals surface area contributed by atoms with Crippen LogP contribution < -0.4 is 0 Å². The third-order valence-electron chi connectivity index (χ3n) is 1.05. The molecule has 0 bridgehead atoms. The van der Waals surface area contributed by atoms with Gasteiger partial charge in [-0.2, -0.15) is 12.6 Å². The molecule has 1 atom stereocenters. The predicted molar refractivity (Wildman–Crippen MR) is 35.6 cm³/mol. The quantitative estimate of drug-likeness (QED) is 0.374. The van der Waals surface area contributed by atoms with E-state index in [4.69, 9.17) is 10.2 Å². The standard InChI is InChI=1S/C5H11O2S/c1-3-5(6,7)4(2)8/h4,6-8H,2-3H2,1H3. The third-order valence-corrected chi connectivity index (χ3v) is 1.47. The monoisotopic (exact) mass is 135 g/mol. The van der Waals surface area contributed by atoms with Crippen molar-refractivity contribution in [2.24, 2.45) is 0 Å². The van der Waals surface area contributed by atoms with Crippen molar-refractivity contribution in [1.29, 1.82) is 0 Å². The van der Waals surface area contributed by atoms with Gasteiger partial charge >= 0.3 is 0 Å². The molecule has 0 aromatic carbocycles. The molecule has 2 nitrogen and oxygen atoms in total. The van der Waals surface area contributed by atoms with Crippen molar-refractivity contribution in [2.45, 2.75) is 24.4 Å². The molecule has 2 N–H and O–H groups in total. The minimum absolute atomic E-state index is 0.255. The Balaban J connectivity index is 3.71. The van der Waals surface area contributed by atoms with Gasteiger partial charge in [-0.1, -0.05) is 6.92 Å². The van der Waals surface area contributed by atoms with Crippen molar-refractivity contribution in [3.63, 3.8) is 0 Å². The number of aliphatic hydroxyl groups is 2. The smallest absolute Gasteiger partial charge is 0.174 e. The molecule has 0 heterocycles. The number of rotatable bonds is 2. The topological polar surface area (TPSA) is 40.5 Å². The maximum Gasteiger partial charge on any atom is 0.174 e. The van der Waals surface area contributed by atoms with Crippen LogP contribution in [-0.4, -0.2) is 21.3 Å². The predicted octanol–water partition coefficient (Wildman–Crippen LogP) is 0.210. The molecular weight excluding hydrogens is 124 g/mol. The first kappa shape index (κ1) is 8.27. The molecule has 0 fully saturated rings. The van der Waals surface area contributed by atoms with E-state index in [2.05, 4.69) is 19.6 Å². The Bertz CT molecular complexity index is 70.8. The lowest BCUT2D eigenvalue weighted by molar-refractivity contribution is -0.154. The number of hydrogen-bond acceptors (Lipinski definition) is 3. The van der Waals surface area contributed by atoms with E-state index in [0.29, 0.717) is 0 Å². The molecule has 3 heteroatoms. The fraction of sp³-hybridized carbons (Fsp3) is 0.800. The average Bonchev–Trinajstić information content (AvgIpc) is 1.67. The minimum atomic E-state index is -1.71. The SMILES string of the molecule is [CH2]C(S)C(O)(O)CC. The summed E-state index contributed by atoms with van der Waals surface area (Å²) >= 11 is 3.75. The number of hydrogen-bond donors (Lipinski definition) is 3. The summed E-state index contributed by atoms with van der Waals surface area (Å²) in [6.45, 7) is 5.01. The van der Waals surface area contributed by atoms with E-state index in [1.165, 1.54) is 0 Å². The molecule has 0 aromatic rings. The Morgan fingerprint density at radius 3 is 2.12 bits per heavy atom. The summed E-state index contributed by atoms with van der Waals surface area (Å²) in [5.74, 6) is -1.71. The summed E-state index contributed by atoms with van der Waals surface area (Å²) in [5.41, 5.74) is 0. The zero-order valence-electron chi connectivity index (χ0n) is 4.83. The first-order valence-corrected chi connectivity index (χ1v) is 2.98. The summed E-state index contributed by atoms with van der Waals surface area (Å²) < 4.78 is 0. The summed E-state index contributed by atoms with van der Waals surface area (Å²) in [4.78, 5) is 0. The second-order valence-corrected chi connectivity index (χ2v) is 2.37. The van der Waals surface area contributed by atoms with E-state index in [0.717, 1.165) is 0 Å². The molecule has 0 amide bonds. The first-order valence-electron chi connectivity index (χ1n) is 2.46. The zero-order valence-corrected chi connectivity index (χ0v) is 5.73. The molecule has 0 saturated heterocycles. The van der Waals surface area contributed by atoms with Crippen LogP contribution in [0.4, 0.5) is 0 Å². The highest BCUT2D eigenvalue weighted by molar-refractivity contribution is 7.81. The molecule has 1 radical (unpaired) electrons. The van der Waals surface area contributed by atoms with Gasteiger partial charge in [0, 0.05) is 0 Å². The third kappa shape index (κ3) is 2.03. The van der Waals surface area contributed by atoms with E-state index < -0.39 is 11.0 Å². The van der Waals surface area contributed by atoms with E-state index >= 15 is 0 Å². The van der Waals surface area contributed by atoms with Gasteiger partial charge in [0.1, 0.15) is 0 Å². The lowest BCUT2D eigenvalue weighted by Crippen LogP contribution is -2.36. The largest absolute Gasteiger partial charge is 0.365 e. The van der Waals surface area contributed by atoms with E-state index in [1.54, 1.807) is 6.92 Å². The van der Waals surface area contributed by atoms with Crippen molar-refractivity contribution >= 4 is 12.6 Å². The molecule has 0 saturated carbocycles. The second-order valence-electron chi connectivity index (χ2n) is 1.75. The van der Waals surface area contributed by atoms with Crippen LogP contribution in [0.1, 0.15) is 13.3 Å². The van der Waals surface area contributed by atoms with Gasteiger partial charge in [-0.25, -0.2) is 0 Å². The first-order chi connectivity index (χ1) is 3.50. The van der Waals surface area contributed by atoms with Crippen LogP contribution in [0.3, 0.4) is 0 Å². The molecule has 8 heavy (non-hydrogen) atoms. The van der Waals surface area contributed by atoms with Crippen LogP contribution in [0.2, 0.25) is 0 Å². The van der Waals surface area contributed by atoms with Crippen LogP contribution in [-0.2, 0) is 0 Å². The molecule has 0 spiro atoms. The van der Waals surface area contributed by atoms with Crippen LogP contribution in [0.25, 0.3) is 0 Å². The van der Waals surface area contributed by atoms with Gasteiger partial charge < -0.3 is 10.2 Å². The van der Waals surface area contributed by atoms with Crippen molar-refractivity contribution in [2.75, 3.05) is 0 Å². The molecule has 1 unspecified atom stereocenters. The average molecular weight is 135 g/mol. The molecular formula is C5H11O2S. The molecule has 0 aliphatic heterocycles. The van der Waals surface area contributed by atoms with E-state index in [9.17, 15) is 0 Å². The second kappa shape index (κ2) is 2.71. The number of thiol groups is 1. The van der Waals surface area contributed by atoms with Crippen molar-refractivity contribution in [3.8, 4) is 0 Å². The van der Waals surface area contributed by atoms with Gasteiger partial charge in [-0.05, 0) is 13.3 Å². The van der Waals surface area contributed by atoms with Crippen molar-refractivity contribution in [1.82, 2.24) is 0 Å². The van der Waals surface area contributed by atoms with Gasteiger partial charge in [0.2, 0.25) is 0 Å². The molecule has 49 valence electrons. The highest BCUT2D eigenvalue weighted by Gasteiger charge is 2.25. The molecule has 0 rings (SSSR count). The van der Waals surface area contributed by atoms with Crippen LogP contribution in [0.5, 0.6) is 0 Å². The molecule has 0 aromatic heterocycles. The summed E-state index contributed by atoms with van der Waals surface area (Å²) in [7, 11) is 0. The fourth-order valence-corrected chi connectivity index (χ4v) is 0.418. The maximum atomic E-state index is 8.82. The Morgan fingerprint density at radius 1 is 1.75 bits per heavy atom. The summed E-state index contributed by atoms with van der Waals surface area (Å²) in [6, 6.07) is 0. The summed E-state index contributed by atoms with van der Waals surface area (Å²) in [6.07, 6.45) is 0.255. The molecule has 0 aliphatic carbocycles. The van der Waals surface area contributed by atoms with Gasteiger partial charge in [0.25, 0.3) is 0 Å². The van der Waals surface area contributed by atoms with Crippen molar-refractivity contribution in [3.05, 3.63) is 6.92 Å². The highest BCUT2D eigenvalue weighted by atomic mass is 32.1. The Kier molecular flexibility index (Phi) is 2.80. The Morgan fingerprint density at radius 2 is 2.12 bits per heavy atom. The van der Waals surface area contributed by atoms with Gasteiger partial charge in [0.15, 0.2) is 5.79 Å². The lowest BCUT2D eigenvalue weighted by Gasteiger charge is -2.22. The highest BCUT2D eigenvalue weighted by Crippen LogP contribution is 2.14. The van der Waals surface area contributed by atoms with Crippen LogP contribution in [0, 0.1) is 6.92 Å². The van der Waals surface area contributed by atoms with Crippen LogP contribution >= 0.6 is 12.6 Å². The van der Waals surface area contributed by atoms with E-state index in [-0.39, 0.29) is 6.42 Å². The van der Waals surface area contributed by atoms with Crippen molar-refractivity contribution < 1.29 is 10.2 Å². The zero-order chi connectivity index (χ0) is 6.78. The minimum Gasteiger partial charge on any atom is -0.365 e. The van der Waals surface area contributed by atoms with Gasteiger partial charge in [-0.15, -0.1) is 0 Å². The van der Waals surface area contributed by atoms with E-state index in [1.807, 2.05) is 0 Å². The molecule has 0 aliphatic rings. The van der Waals surface area contributed by atoms with Gasteiger partial charge in [0.05, 0.1) is 5.25 Å².